The molecule has 17 heavy (non-hydrogen) atoms. The topological polar surface area (TPSA) is 72.9 Å². The maximum Gasteiger partial charge on any atom is 0.224 e. The van der Waals surface area contributed by atoms with E-state index in [0.717, 1.165) is 12.1 Å². The fraction of sp³-hybridized carbons (Fsp3) is 0.667. The highest BCUT2D eigenvalue weighted by atomic mass is 16.1. The summed E-state index contributed by atoms with van der Waals surface area (Å²) in [4.78, 5) is 11.9. The molecule has 1 amide bonds. The number of hydrogen-bond acceptors (Lipinski definition) is 3. The van der Waals surface area contributed by atoms with Crippen LogP contribution in [0.25, 0.3) is 0 Å². The Bertz CT molecular complexity index is 359. The van der Waals surface area contributed by atoms with Crippen molar-refractivity contribution in [2.75, 3.05) is 6.54 Å². The van der Waals surface area contributed by atoms with Crippen molar-refractivity contribution in [3.63, 3.8) is 0 Å². The molecular formula is C12H22N4O. The number of nitrogens with zero attached hydrogens (tertiary/aromatic N) is 2. The number of nitrogens with one attached hydrogen (secondary N) is 1. The van der Waals surface area contributed by atoms with E-state index in [9.17, 15) is 4.79 Å². The molecule has 5 nitrogen and oxygen atoms in total. The number of amides is 1. The second kappa shape index (κ2) is 6.39. The number of aromatic nitrogens is 2. The number of aryl methyl sites for hydroxylation is 1. The maximum atomic E-state index is 11.9. The number of carbonyl (C=O) groups is 1. The Morgan fingerprint density at radius 1 is 1.59 bits per heavy atom. The van der Waals surface area contributed by atoms with E-state index < -0.39 is 0 Å². The highest BCUT2D eigenvalue weighted by Gasteiger charge is 2.17. The smallest absolute Gasteiger partial charge is 0.224 e. The van der Waals surface area contributed by atoms with Crippen LogP contribution in [0.4, 0.5) is 0 Å². The molecule has 0 saturated heterocycles. The Balaban J connectivity index is 2.42. The molecule has 3 N–H and O–H groups in total. The zero-order valence-corrected chi connectivity index (χ0v) is 10.8. The lowest BCUT2D eigenvalue weighted by molar-refractivity contribution is -0.125. The largest absolute Gasteiger partial charge is 0.350 e. The van der Waals surface area contributed by atoms with Crippen molar-refractivity contribution in [1.82, 2.24) is 15.1 Å². The van der Waals surface area contributed by atoms with Crippen molar-refractivity contribution >= 4 is 5.91 Å². The minimum atomic E-state index is -0.0984. The van der Waals surface area contributed by atoms with Crippen LogP contribution in [-0.4, -0.2) is 22.2 Å². The van der Waals surface area contributed by atoms with Gasteiger partial charge in [0, 0.05) is 19.8 Å². The molecule has 1 unspecified atom stereocenters. The third-order valence-electron chi connectivity index (χ3n) is 2.62. The number of rotatable bonds is 6. The number of nitrogens with two attached hydrogens (primary N) is 1. The monoisotopic (exact) mass is 238 g/mol. The molecule has 1 rings (SSSR count). The molecule has 0 radical (unpaired) electrons. The summed E-state index contributed by atoms with van der Waals surface area (Å²) in [6.45, 7) is 5.05. The first-order valence-electron chi connectivity index (χ1n) is 5.99. The second-order valence-electron chi connectivity index (χ2n) is 4.76. The SMILES string of the molecule is CC(C)CC(CN)C(=O)NCc1ccn(C)n1. The van der Waals surface area contributed by atoms with Gasteiger partial charge in [-0.05, 0) is 18.4 Å². The quantitative estimate of drug-likeness (QED) is 0.764. The normalized spacial score (nSPS) is 12.8. The summed E-state index contributed by atoms with van der Waals surface area (Å²) in [6.07, 6.45) is 2.68. The predicted molar refractivity (Wildman–Crippen MR) is 67.1 cm³/mol. The molecule has 1 atom stereocenters. The Morgan fingerprint density at radius 2 is 2.29 bits per heavy atom. The van der Waals surface area contributed by atoms with Gasteiger partial charge in [0.2, 0.25) is 5.91 Å². The van der Waals surface area contributed by atoms with Crippen LogP contribution in [0.2, 0.25) is 0 Å². The maximum absolute atomic E-state index is 11.9. The van der Waals surface area contributed by atoms with Crippen molar-refractivity contribution in [2.24, 2.45) is 24.6 Å². The van der Waals surface area contributed by atoms with Gasteiger partial charge in [0.15, 0.2) is 0 Å². The van der Waals surface area contributed by atoms with Crippen LogP contribution in [0.5, 0.6) is 0 Å². The molecule has 0 spiro atoms. The third-order valence-corrected chi connectivity index (χ3v) is 2.62. The summed E-state index contributed by atoms with van der Waals surface area (Å²) >= 11 is 0. The fourth-order valence-corrected chi connectivity index (χ4v) is 1.76. The zero-order valence-electron chi connectivity index (χ0n) is 10.8. The summed E-state index contributed by atoms with van der Waals surface area (Å²) < 4.78 is 1.72. The number of carbonyl (C=O) groups excluding carboxylic acids is 1. The predicted octanol–water partition coefficient (Wildman–Crippen LogP) is 0.657. The van der Waals surface area contributed by atoms with Gasteiger partial charge in [-0.15, -0.1) is 0 Å². The van der Waals surface area contributed by atoms with Gasteiger partial charge >= 0.3 is 0 Å². The molecule has 1 aromatic rings. The van der Waals surface area contributed by atoms with Gasteiger partial charge in [-0.1, -0.05) is 13.8 Å². The molecule has 0 aliphatic heterocycles. The summed E-state index contributed by atoms with van der Waals surface area (Å²) in [7, 11) is 1.85. The molecular weight excluding hydrogens is 216 g/mol. The first-order chi connectivity index (χ1) is 8.02. The molecule has 1 aromatic heterocycles. The summed E-state index contributed by atoms with van der Waals surface area (Å²) in [6, 6.07) is 1.89. The van der Waals surface area contributed by atoms with Crippen molar-refractivity contribution in [3.8, 4) is 0 Å². The van der Waals surface area contributed by atoms with E-state index in [1.165, 1.54) is 0 Å². The van der Waals surface area contributed by atoms with Crippen LogP contribution in [0.15, 0.2) is 12.3 Å². The third kappa shape index (κ3) is 4.56. The molecule has 1 heterocycles. The van der Waals surface area contributed by atoms with Gasteiger partial charge in [-0.2, -0.15) is 5.10 Å². The van der Waals surface area contributed by atoms with E-state index in [0.29, 0.717) is 19.0 Å². The Morgan fingerprint density at radius 3 is 2.76 bits per heavy atom. The van der Waals surface area contributed by atoms with Gasteiger partial charge in [0.25, 0.3) is 0 Å². The van der Waals surface area contributed by atoms with E-state index in [1.807, 2.05) is 19.3 Å². The Hall–Kier alpha value is -1.36. The van der Waals surface area contributed by atoms with Crippen LogP contribution in [0.1, 0.15) is 26.0 Å². The minimum Gasteiger partial charge on any atom is -0.350 e. The van der Waals surface area contributed by atoms with Crippen LogP contribution < -0.4 is 11.1 Å². The molecule has 0 aliphatic rings. The molecule has 0 fully saturated rings. The molecule has 0 saturated carbocycles. The van der Waals surface area contributed by atoms with E-state index in [1.54, 1.807) is 4.68 Å². The first-order valence-corrected chi connectivity index (χ1v) is 5.99. The van der Waals surface area contributed by atoms with Crippen LogP contribution in [-0.2, 0) is 18.4 Å². The Kier molecular flexibility index (Phi) is 5.15. The molecule has 5 heteroatoms. The average molecular weight is 238 g/mol. The molecule has 0 aromatic carbocycles. The average Bonchev–Trinajstić information content (AvgIpc) is 2.68. The van der Waals surface area contributed by atoms with Gasteiger partial charge in [0.1, 0.15) is 0 Å². The molecule has 0 aliphatic carbocycles. The summed E-state index contributed by atoms with van der Waals surface area (Å²) in [5.74, 6) is 0.398. The van der Waals surface area contributed by atoms with Gasteiger partial charge < -0.3 is 11.1 Å². The highest BCUT2D eigenvalue weighted by molar-refractivity contribution is 5.78. The lowest BCUT2D eigenvalue weighted by Gasteiger charge is -2.16. The molecule has 96 valence electrons. The second-order valence-corrected chi connectivity index (χ2v) is 4.76. The lowest BCUT2D eigenvalue weighted by Crippen LogP contribution is -2.35. The van der Waals surface area contributed by atoms with E-state index in [4.69, 9.17) is 5.73 Å². The standard InChI is InChI=1S/C12H22N4O/c1-9(2)6-10(7-13)12(17)14-8-11-4-5-16(3)15-11/h4-5,9-10H,6-8,13H2,1-3H3,(H,14,17). The van der Waals surface area contributed by atoms with E-state index in [2.05, 4.69) is 24.3 Å². The van der Waals surface area contributed by atoms with Crippen molar-refractivity contribution in [2.45, 2.75) is 26.8 Å². The van der Waals surface area contributed by atoms with Crippen LogP contribution >= 0.6 is 0 Å². The molecule has 0 bridgehead atoms. The van der Waals surface area contributed by atoms with E-state index in [-0.39, 0.29) is 11.8 Å². The fourth-order valence-electron chi connectivity index (χ4n) is 1.76. The lowest BCUT2D eigenvalue weighted by atomic mass is 9.96. The summed E-state index contributed by atoms with van der Waals surface area (Å²) in [5.41, 5.74) is 6.48. The Labute approximate surface area is 102 Å². The van der Waals surface area contributed by atoms with Crippen molar-refractivity contribution in [1.29, 1.82) is 0 Å². The minimum absolute atomic E-state index is 0.0202. The van der Waals surface area contributed by atoms with Crippen molar-refractivity contribution < 1.29 is 4.79 Å². The van der Waals surface area contributed by atoms with Crippen LogP contribution in [0, 0.1) is 11.8 Å². The van der Waals surface area contributed by atoms with E-state index >= 15 is 0 Å². The van der Waals surface area contributed by atoms with Crippen LogP contribution in [0.3, 0.4) is 0 Å². The highest BCUT2D eigenvalue weighted by Crippen LogP contribution is 2.10. The first kappa shape index (κ1) is 13.7. The zero-order chi connectivity index (χ0) is 12.8. The van der Waals surface area contributed by atoms with Crippen molar-refractivity contribution in [3.05, 3.63) is 18.0 Å². The summed E-state index contributed by atoms with van der Waals surface area (Å²) in [5, 5.41) is 7.07. The van der Waals surface area contributed by atoms with Gasteiger partial charge in [-0.25, -0.2) is 0 Å². The van der Waals surface area contributed by atoms with Gasteiger partial charge in [-0.3, -0.25) is 9.48 Å². The number of hydrogen-bond donors (Lipinski definition) is 2. The van der Waals surface area contributed by atoms with Gasteiger partial charge in [0.05, 0.1) is 18.2 Å².